The number of hydrogen-bond acceptors (Lipinski definition) is 2. The van der Waals surface area contributed by atoms with E-state index in [1.54, 1.807) is 0 Å². The molecule has 1 N–H and O–H groups in total. The zero-order valence-electron chi connectivity index (χ0n) is 12.4. The molecule has 0 amide bonds. The fourth-order valence-corrected chi connectivity index (χ4v) is 1.63. The van der Waals surface area contributed by atoms with Crippen LogP contribution in [0.4, 0.5) is 0 Å². The second-order valence-corrected chi connectivity index (χ2v) is 6.02. The molecule has 0 spiro atoms. The molecule has 0 atom stereocenters. The van der Waals surface area contributed by atoms with Crippen molar-refractivity contribution in [1.29, 1.82) is 0 Å². The first kappa shape index (κ1) is 15.0. The lowest BCUT2D eigenvalue weighted by atomic mass is 10.1. The van der Waals surface area contributed by atoms with Gasteiger partial charge < -0.3 is 5.32 Å². The SMILES string of the molecule is CC(C)n1ccc(CC=CCCNC(C)(C)C)n1. The lowest BCUT2D eigenvalue weighted by Gasteiger charge is -2.19. The summed E-state index contributed by atoms with van der Waals surface area (Å²) in [7, 11) is 0. The molecule has 102 valence electrons. The maximum atomic E-state index is 4.52. The highest BCUT2D eigenvalue weighted by Gasteiger charge is 2.06. The normalized spacial score (nSPS) is 12.8. The van der Waals surface area contributed by atoms with Gasteiger partial charge in [-0.25, -0.2) is 0 Å². The van der Waals surface area contributed by atoms with Gasteiger partial charge in [0.2, 0.25) is 0 Å². The lowest BCUT2D eigenvalue weighted by Crippen LogP contribution is -2.36. The Morgan fingerprint density at radius 3 is 2.61 bits per heavy atom. The largest absolute Gasteiger partial charge is 0.312 e. The van der Waals surface area contributed by atoms with E-state index >= 15 is 0 Å². The summed E-state index contributed by atoms with van der Waals surface area (Å²) in [5, 5.41) is 7.99. The molecular weight excluding hydrogens is 222 g/mol. The van der Waals surface area contributed by atoms with Crippen molar-refractivity contribution in [2.75, 3.05) is 6.54 Å². The van der Waals surface area contributed by atoms with E-state index in [2.05, 4.69) is 69.4 Å². The van der Waals surface area contributed by atoms with Crippen molar-refractivity contribution in [3.63, 3.8) is 0 Å². The molecule has 0 bridgehead atoms. The Morgan fingerprint density at radius 1 is 1.33 bits per heavy atom. The monoisotopic (exact) mass is 249 g/mol. The zero-order chi connectivity index (χ0) is 13.6. The van der Waals surface area contributed by atoms with Crippen LogP contribution in [-0.4, -0.2) is 21.9 Å². The quantitative estimate of drug-likeness (QED) is 0.619. The van der Waals surface area contributed by atoms with E-state index in [1.165, 1.54) is 0 Å². The Hall–Kier alpha value is -1.09. The summed E-state index contributed by atoms with van der Waals surface area (Å²) >= 11 is 0. The van der Waals surface area contributed by atoms with Crippen LogP contribution in [0.25, 0.3) is 0 Å². The first-order chi connectivity index (χ1) is 8.38. The molecule has 1 aromatic heterocycles. The highest BCUT2D eigenvalue weighted by Crippen LogP contribution is 2.05. The van der Waals surface area contributed by atoms with Crippen LogP contribution in [-0.2, 0) is 6.42 Å². The Labute approximate surface area is 111 Å². The summed E-state index contributed by atoms with van der Waals surface area (Å²) in [5.41, 5.74) is 1.35. The van der Waals surface area contributed by atoms with E-state index in [9.17, 15) is 0 Å². The molecular formula is C15H27N3. The smallest absolute Gasteiger partial charge is 0.0662 e. The molecule has 0 aromatic carbocycles. The second-order valence-electron chi connectivity index (χ2n) is 6.02. The summed E-state index contributed by atoms with van der Waals surface area (Å²) in [6.45, 7) is 11.9. The summed E-state index contributed by atoms with van der Waals surface area (Å²) in [6.07, 6.45) is 8.48. The summed E-state index contributed by atoms with van der Waals surface area (Å²) < 4.78 is 2.00. The second kappa shape index (κ2) is 6.74. The molecule has 18 heavy (non-hydrogen) atoms. The fraction of sp³-hybridized carbons (Fsp3) is 0.667. The van der Waals surface area contributed by atoms with Crippen LogP contribution in [0.1, 0.15) is 52.8 Å². The number of allylic oxidation sites excluding steroid dienone is 1. The van der Waals surface area contributed by atoms with Crippen LogP contribution in [0, 0.1) is 0 Å². The highest BCUT2D eigenvalue weighted by molar-refractivity contribution is 5.05. The van der Waals surface area contributed by atoms with Gasteiger partial charge >= 0.3 is 0 Å². The molecule has 0 unspecified atom stereocenters. The highest BCUT2D eigenvalue weighted by atomic mass is 15.3. The number of aromatic nitrogens is 2. The molecule has 3 heteroatoms. The summed E-state index contributed by atoms with van der Waals surface area (Å²) in [5.74, 6) is 0. The topological polar surface area (TPSA) is 29.9 Å². The zero-order valence-corrected chi connectivity index (χ0v) is 12.4. The van der Waals surface area contributed by atoms with Gasteiger partial charge in [-0.2, -0.15) is 5.10 Å². The van der Waals surface area contributed by atoms with Crippen LogP contribution < -0.4 is 5.32 Å². The van der Waals surface area contributed by atoms with Gasteiger partial charge in [-0.05, 0) is 53.7 Å². The Balaban J connectivity index is 2.23. The van der Waals surface area contributed by atoms with Crippen molar-refractivity contribution in [1.82, 2.24) is 15.1 Å². The fourth-order valence-electron chi connectivity index (χ4n) is 1.63. The van der Waals surface area contributed by atoms with Gasteiger partial charge in [0, 0.05) is 24.2 Å². The Morgan fingerprint density at radius 2 is 2.06 bits per heavy atom. The van der Waals surface area contributed by atoms with Crippen molar-refractivity contribution in [3.05, 3.63) is 30.1 Å². The summed E-state index contributed by atoms with van der Waals surface area (Å²) in [4.78, 5) is 0. The Bertz CT molecular complexity index is 369. The molecule has 0 saturated heterocycles. The van der Waals surface area contributed by atoms with E-state index in [4.69, 9.17) is 0 Å². The van der Waals surface area contributed by atoms with Gasteiger partial charge in [0.05, 0.1) is 5.69 Å². The molecule has 1 aromatic rings. The van der Waals surface area contributed by atoms with Crippen LogP contribution >= 0.6 is 0 Å². The van der Waals surface area contributed by atoms with Gasteiger partial charge in [0.25, 0.3) is 0 Å². The van der Waals surface area contributed by atoms with Crippen LogP contribution in [0.5, 0.6) is 0 Å². The van der Waals surface area contributed by atoms with Crippen molar-refractivity contribution in [2.45, 2.75) is 59.0 Å². The molecule has 0 saturated carbocycles. The third-order valence-electron chi connectivity index (χ3n) is 2.65. The van der Waals surface area contributed by atoms with Crippen molar-refractivity contribution >= 4 is 0 Å². The van der Waals surface area contributed by atoms with E-state index in [0.717, 1.165) is 25.1 Å². The third kappa shape index (κ3) is 6.01. The molecule has 0 aliphatic heterocycles. The number of nitrogens with zero attached hydrogens (tertiary/aromatic N) is 2. The maximum absolute atomic E-state index is 4.52. The van der Waals surface area contributed by atoms with E-state index in [-0.39, 0.29) is 5.54 Å². The minimum absolute atomic E-state index is 0.212. The molecule has 0 radical (unpaired) electrons. The van der Waals surface area contributed by atoms with Crippen LogP contribution in [0.15, 0.2) is 24.4 Å². The first-order valence-corrected chi connectivity index (χ1v) is 6.82. The maximum Gasteiger partial charge on any atom is 0.0662 e. The molecule has 0 aliphatic carbocycles. The number of rotatable bonds is 6. The molecule has 1 heterocycles. The number of nitrogens with one attached hydrogen (secondary N) is 1. The van der Waals surface area contributed by atoms with Gasteiger partial charge in [-0.3, -0.25) is 4.68 Å². The van der Waals surface area contributed by atoms with Gasteiger partial charge in [-0.1, -0.05) is 12.2 Å². The van der Waals surface area contributed by atoms with Gasteiger partial charge in [0.15, 0.2) is 0 Å². The van der Waals surface area contributed by atoms with E-state index < -0.39 is 0 Å². The van der Waals surface area contributed by atoms with Gasteiger partial charge in [0.1, 0.15) is 0 Å². The first-order valence-electron chi connectivity index (χ1n) is 6.82. The van der Waals surface area contributed by atoms with E-state index in [0.29, 0.717) is 6.04 Å². The molecule has 0 aliphatic rings. The Kier molecular flexibility index (Phi) is 5.60. The predicted molar refractivity (Wildman–Crippen MR) is 77.8 cm³/mol. The lowest BCUT2D eigenvalue weighted by molar-refractivity contribution is 0.431. The average Bonchev–Trinajstić information content (AvgIpc) is 2.70. The minimum Gasteiger partial charge on any atom is -0.312 e. The van der Waals surface area contributed by atoms with Crippen molar-refractivity contribution in [2.24, 2.45) is 0 Å². The summed E-state index contributed by atoms with van der Waals surface area (Å²) in [6, 6.07) is 2.54. The van der Waals surface area contributed by atoms with Crippen LogP contribution in [0.2, 0.25) is 0 Å². The van der Waals surface area contributed by atoms with Gasteiger partial charge in [-0.15, -0.1) is 0 Å². The van der Waals surface area contributed by atoms with Crippen molar-refractivity contribution < 1.29 is 0 Å². The van der Waals surface area contributed by atoms with Crippen LogP contribution in [0.3, 0.4) is 0 Å². The minimum atomic E-state index is 0.212. The number of hydrogen-bond donors (Lipinski definition) is 1. The molecule has 3 nitrogen and oxygen atoms in total. The average molecular weight is 249 g/mol. The van der Waals surface area contributed by atoms with E-state index in [1.807, 2.05) is 4.68 Å². The standard InChI is InChI=1S/C15H27N3/c1-13(2)18-12-10-14(17-18)9-7-6-8-11-16-15(3,4)5/h6-7,10,12-13,16H,8-9,11H2,1-5H3. The van der Waals surface area contributed by atoms with Crippen molar-refractivity contribution in [3.8, 4) is 0 Å². The molecule has 0 fully saturated rings. The molecule has 1 rings (SSSR count). The third-order valence-corrected chi connectivity index (χ3v) is 2.65. The predicted octanol–water partition coefficient (Wildman–Crippen LogP) is 3.34.